The molecule has 0 saturated carbocycles. The summed E-state index contributed by atoms with van der Waals surface area (Å²) in [5.74, 6) is -0.535. The molecule has 2 heterocycles. The van der Waals surface area contributed by atoms with E-state index in [1.54, 1.807) is 29.2 Å². The largest absolute Gasteiger partial charge is 0.352 e. The SMILES string of the molecule is Cc1ccc(-c2nn(-c3ccc(F)cc3)cc2C(=O)NCCc2ccccn2)cc1. The van der Waals surface area contributed by atoms with Crippen LogP contribution in [0, 0.1) is 12.7 Å². The predicted molar refractivity (Wildman–Crippen MR) is 114 cm³/mol. The number of benzene rings is 2. The van der Waals surface area contributed by atoms with Crippen LogP contribution in [0.3, 0.4) is 0 Å². The van der Waals surface area contributed by atoms with Gasteiger partial charge in [0.1, 0.15) is 11.5 Å². The van der Waals surface area contributed by atoms with E-state index in [0.29, 0.717) is 29.9 Å². The van der Waals surface area contributed by atoms with Crippen molar-refractivity contribution < 1.29 is 9.18 Å². The Hall–Kier alpha value is -3.80. The van der Waals surface area contributed by atoms with E-state index in [4.69, 9.17) is 0 Å². The fourth-order valence-electron chi connectivity index (χ4n) is 3.14. The summed E-state index contributed by atoms with van der Waals surface area (Å²) in [6, 6.07) is 19.6. The molecule has 1 amide bonds. The first-order chi connectivity index (χ1) is 14.6. The average molecular weight is 400 g/mol. The highest BCUT2D eigenvalue weighted by Crippen LogP contribution is 2.24. The second-order valence-corrected chi connectivity index (χ2v) is 7.01. The van der Waals surface area contributed by atoms with Crippen molar-refractivity contribution >= 4 is 5.91 Å². The molecule has 0 unspecified atom stereocenters. The zero-order chi connectivity index (χ0) is 20.9. The molecule has 4 aromatic rings. The normalized spacial score (nSPS) is 10.7. The van der Waals surface area contributed by atoms with Gasteiger partial charge in [-0.25, -0.2) is 9.07 Å². The third-order valence-electron chi connectivity index (χ3n) is 4.77. The number of nitrogens with one attached hydrogen (secondary N) is 1. The number of nitrogens with zero attached hydrogens (tertiary/aromatic N) is 3. The molecule has 5 nitrogen and oxygen atoms in total. The first-order valence-electron chi connectivity index (χ1n) is 9.71. The van der Waals surface area contributed by atoms with Gasteiger partial charge in [-0.15, -0.1) is 0 Å². The fraction of sp³-hybridized carbons (Fsp3) is 0.125. The van der Waals surface area contributed by atoms with Crippen molar-refractivity contribution in [2.24, 2.45) is 0 Å². The molecule has 0 aliphatic heterocycles. The molecule has 6 heteroatoms. The molecule has 2 aromatic carbocycles. The summed E-state index contributed by atoms with van der Waals surface area (Å²) < 4.78 is 14.9. The molecule has 30 heavy (non-hydrogen) atoms. The number of rotatable bonds is 6. The van der Waals surface area contributed by atoms with E-state index >= 15 is 0 Å². The molecule has 0 aliphatic carbocycles. The van der Waals surface area contributed by atoms with E-state index in [-0.39, 0.29) is 11.7 Å². The Kier molecular flexibility index (Phi) is 5.66. The van der Waals surface area contributed by atoms with Gasteiger partial charge in [-0.1, -0.05) is 35.9 Å². The highest BCUT2D eigenvalue weighted by molar-refractivity contribution is 5.99. The molecule has 1 N–H and O–H groups in total. The van der Waals surface area contributed by atoms with E-state index in [1.807, 2.05) is 49.4 Å². The molecule has 4 rings (SSSR count). The number of pyridine rings is 1. The lowest BCUT2D eigenvalue weighted by Gasteiger charge is -2.05. The van der Waals surface area contributed by atoms with Gasteiger partial charge >= 0.3 is 0 Å². The van der Waals surface area contributed by atoms with Gasteiger partial charge in [0.05, 0.1) is 11.3 Å². The van der Waals surface area contributed by atoms with Gasteiger partial charge in [0.2, 0.25) is 0 Å². The molecule has 0 radical (unpaired) electrons. The topological polar surface area (TPSA) is 59.8 Å². The minimum Gasteiger partial charge on any atom is -0.352 e. The number of hydrogen-bond donors (Lipinski definition) is 1. The van der Waals surface area contributed by atoms with E-state index in [1.165, 1.54) is 12.1 Å². The van der Waals surface area contributed by atoms with Crippen molar-refractivity contribution in [1.29, 1.82) is 0 Å². The molecule has 0 saturated heterocycles. The number of aromatic nitrogens is 3. The summed E-state index contributed by atoms with van der Waals surface area (Å²) in [6.07, 6.45) is 4.05. The van der Waals surface area contributed by atoms with Crippen molar-refractivity contribution in [3.8, 4) is 16.9 Å². The summed E-state index contributed by atoms with van der Waals surface area (Å²) in [6.45, 7) is 2.47. The Morgan fingerprint density at radius 1 is 1.03 bits per heavy atom. The van der Waals surface area contributed by atoms with Gasteiger partial charge in [0.25, 0.3) is 5.91 Å². The fourth-order valence-corrected chi connectivity index (χ4v) is 3.14. The number of aryl methyl sites for hydroxylation is 1. The van der Waals surface area contributed by atoms with Crippen molar-refractivity contribution in [2.45, 2.75) is 13.3 Å². The van der Waals surface area contributed by atoms with Gasteiger partial charge in [-0.05, 0) is 43.3 Å². The van der Waals surface area contributed by atoms with E-state index < -0.39 is 0 Å². The first kappa shape index (κ1) is 19.5. The minimum atomic E-state index is -0.322. The standard InChI is InChI=1S/C24H21FN4O/c1-17-5-7-18(8-6-17)23-22(16-29(28-23)21-11-9-19(25)10-12-21)24(30)27-15-13-20-4-2-3-14-26-20/h2-12,14,16H,13,15H2,1H3,(H,27,30). The van der Waals surface area contributed by atoms with Crippen LogP contribution in [0.1, 0.15) is 21.6 Å². The van der Waals surface area contributed by atoms with Crippen LogP contribution in [-0.4, -0.2) is 27.2 Å². The van der Waals surface area contributed by atoms with Crippen LogP contribution in [0.2, 0.25) is 0 Å². The lowest BCUT2D eigenvalue weighted by atomic mass is 10.1. The average Bonchev–Trinajstić information content (AvgIpc) is 3.21. The highest BCUT2D eigenvalue weighted by Gasteiger charge is 2.18. The lowest BCUT2D eigenvalue weighted by molar-refractivity contribution is 0.0954. The highest BCUT2D eigenvalue weighted by atomic mass is 19.1. The molecule has 0 bridgehead atoms. The first-order valence-corrected chi connectivity index (χ1v) is 9.71. The number of carbonyl (C=O) groups is 1. The second-order valence-electron chi connectivity index (χ2n) is 7.01. The number of carbonyl (C=O) groups excluding carboxylic acids is 1. The van der Waals surface area contributed by atoms with Crippen LogP contribution >= 0.6 is 0 Å². The monoisotopic (exact) mass is 400 g/mol. The van der Waals surface area contributed by atoms with Crippen LogP contribution in [0.15, 0.2) is 79.1 Å². The molecular formula is C24H21FN4O. The Morgan fingerprint density at radius 3 is 2.50 bits per heavy atom. The maximum absolute atomic E-state index is 13.3. The van der Waals surface area contributed by atoms with Crippen LogP contribution < -0.4 is 5.32 Å². The van der Waals surface area contributed by atoms with Crippen LogP contribution in [0.25, 0.3) is 16.9 Å². The third-order valence-corrected chi connectivity index (χ3v) is 4.77. The van der Waals surface area contributed by atoms with Crippen molar-refractivity contribution in [3.63, 3.8) is 0 Å². The van der Waals surface area contributed by atoms with Gasteiger partial charge < -0.3 is 5.32 Å². The summed E-state index contributed by atoms with van der Waals surface area (Å²) in [5.41, 5.74) is 4.60. The van der Waals surface area contributed by atoms with Crippen LogP contribution in [0.5, 0.6) is 0 Å². The lowest BCUT2D eigenvalue weighted by Crippen LogP contribution is -2.26. The zero-order valence-corrected chi connectivity index (χ0v) is 16.5. The van der Waals surface area contributed by atoms with E-state index in [2.05, 4.69) is 15.4 Å². The van der Waals surface area contributed by atoms with Gasteiger partial charge in [0, 0.05) is 36.6 Å². The molecule has 0 aliphatic rings. The molecule has 0 atom stereocenters. The maximum Gasteiger partial charge on any atom is 0.255 e. The van der Waals surface area contributed by atoms with E-state index in [0.717, 1.165) is 16.8 Å². The Bertz CT molecular complexity index is 1140. The molecule has 0 spiro atoms. The quantitative estimate of drug-likeness (QED) is 0.523. The number of hydrogen-bond acceptors (Lipinski definition) is 3. The maximum atomic E-state index is 13.3. The molecule has 0 fully saturated rings. The van der Waals surface area contributed by atoms with Crippen LogP contribution in [0.4, 0.5) is 4.39 Å². The summed E-state index contributed by atoms with van der Waals surface area (Å²) in [7, 11) is 0. The van der Waals surface area contributed by atoms with Crippen molar-refractivity contribution in [1.82, 2.24) is 20.1 Å². The predicted octanol–water partition coefficient (Wildman–Crippen LogP) is 4.35. The van der Waals surface area contributed by atoms with Gasteiger partial charge in [-0.3, -0.25) is 9.78 Å². The smallest absolute Gasteiger partial charge is 0.255 e. The van der Waals surface area contributed by atoms with Gasteiger partial charge in [-0.2, -0.15) is 5.10 Å². The van der Waals surface area contributed by atoms with Crippen molar-refractivity contribution in [3.05, 3.63) is 102 Å². The van der Waals surface area contributed by atoms with Crippen molar-refractivity contribution in [2.75, 3.05) is 6.54 Å². The zero-order valence-electron chi connectivity index (χ0n) is 16.5. The molecule has 150 valence electrons. The third kappa shape index (κ3) is 4.43. The Morgan fingerprint density at radius 2 is 1.80 bits per heavy atom. The summed E-state index contributed by atoms with van der Waals surface area (Å²) in [5, 5.41) is 7.57. The number of amides is 1. The second kappa shape index (κ2) is 8.69. The van der Waals surface area contributed by atoms with Gasteiger partial charge in [0.15, 0.2) is 0 Å². The van der Waals surface area contributed by atoms with E-state index in [9.17, 15) is 9.18 Å². The summed E-state index contributed by atoms with van der Waals surface area (Å²) >= 11 is 0. The Balaban J connectivity index is 1.61. The van der Waals surface area contributed by atoms with Crippen LogP contribution in [-0.2, 0) is 6.42 Å². The minimum absolute atomic E-state index is 0.213. The summed E-state index contributed by atoms with van der Waals surface area (Å²) in [4.78, 5) is 17.2. The molecular weight excluding hydrogens is 379 g/mol. The number of halogens is 1. The Labute approximate surface area is 174 Å². The molecule has 2 aromatic heterocycles.